The summed E-state index contributed by atoms with van der Waals surface area (Å²) in [6.07, 6.45) is 2.09. The van der Waals surface area contributed by atoms with E-state index in [0.29, 0.717) is 34.3 Å². The number of nitrogens with zero attached hydrogens (tertiary/aromatic N) is 1. The van der Waals surface area contributed by atoms with Crippen molar-refractivity contribution in [3.8, 4) is 0 Å². The summed E-state index contributed by atoms with van der Waals surface area (Å²) in [4.78, 5) is 17.0. The Labute approximate surface area is 160 Å². The molecular formula is C19H17Cl2FN2O2. The Morgan fingerprint density at radius 1 is 1.38 bits per heavy atom. The van der Waals surface area contributed by atoms with Gasteiger partial charge < -0.3 is 10.1 Å². The Morgan fingerprint density at radius 3 is 2.85 bits per heavy atom. The lowest BCUT2D eigenvalue weighted by Gasteiger charge is -2.33. The first-order valence-corrected chi connectivity index (χ1v) is 9.13. The fourth-order valence-electron chi connectivity index (χ4n) is 3.58. The van der Waals surface area contributed by atoms with Gasteiger partial charge in [-0.2, -0.15) is 0 Å². The van der Waals surface area contributed by atoms with Gasteiger partial charge >= 0.3 is 0 Å². The second kappa shape index (κ2) is 6.19. The first-order valence-electron chi connectivity index (χ1n) is 8.37. The first-order chi connectivity index (χ1) is 12.4. The lowest BCUT2D eigenvalue weighted by molar-refractivity contribution is -0.135. The number of alkyl halides is 1. The largest absolute Gasteiger partial charge is 0.363 e. The summed E-state index contributed by atoms with van der Waals surface area (Å²) in [5.74, 6) is -0.687. The average molecular weight is 395 g/mol. The Kier molecular flexibility index (Phi) is 4.21. The van der Waals surface area contributed by atoms with Crippen molar-refractivity contribution in [3.63, 3.8) is 0 Å². The molecule has 1 N–H and O–H groups in total. The topological polar surface area (TPSA) is 54.5 Å². The molecule has 2 aromatic rings. The molecule has 2 unspecified atom stereocenters. The number of aromatic nitrogens is 1. The number of rotatable bonds is 3. The second-order valence-corrected chi connectivity index (χ2v) is 7.69. The van der Waals surface area contributed by atoms with E-state index in [9.17, 15) is 4.79 Å². The van der Waals surface area contributed by atoms with Crippen LogP contribution in [0.3, 0.4) is 0 Å². The summed E-state index contributed by atoms with van der Waals surface area (Å²) in [5, 5.41) is 3.65. The van der Waals surface area contributed by atoms with Crippen molar-refractivity contribution < 1.29 is 13.9 Å². The number of halogens is 3. The van der Waals surface area contributed by atoms with Gasteiger partial charge in [-0.15, -0.1) is 0 Å². The zero-order valence-electron chi connectivity index (χ0n) is 14.1. The van der Waals surface area contributed by atoms with E-state index in [0.717, 1.165) is 11.1 Å². The van der Waals surface area contributed by atoms with Crippen molar-refractivity contribution in [2.45, 2.75) is 37.6 Å². The Bertz CT molecular complexity index is 878. The van der Waals surface area contributed by atoms with Gasteiger partial charge in [-0.3, -0.25) is 9.78 Å². The summed E-state index contributed by atoms with van der Waals surface area (Å²) < 4.78 is 21.3. The minimum absolute atomic E-state index is 0.0604. The third-order valence-electron chi connectivity index (χ3n) is 5.20. The van der Waals surface area contributed by atoms with E-state index in [-0.39, 0.29) is 13.0 Å². The standard InChI is InChI=1S/C19H17Cl2FN2O2/c1-11-7-12(20)8-15(21)13(11)9-24-17(25)19(22)5-4-18(10-26-18)16-14(19)3-2-6-23-16/h2-3,6-8H,4-5,9-10H2,1H3,(H,24,25). The molecule has 1 aliphatic heterocycles. The molecule has 1 aromatic heterocycles. The summed E-state index contributed by atoms with van der Waals surface area (Å²) in [7, 11) is 0. The predicted octanol–water partition coefficient (Wildman–Crippen LogP) is 4.20. The Morgan fingerprint density at radius 2 is 2.15 bits per heavy atom. The fraction of sp³-hybridized carbons (Fsp3) is 0.368. The lowest BCUT2D eigenvalue weighted by atomic mass is 9.77. The molecule has 4 nitrogen and oxygen atoms in total. The molecule has 2 heterocycles. The molecule has 2 atom stereocenters. The quantitative estimate of drug-likeness (QED) is 0.793. The maximum absolute atomic E-state index is 15.7. The number of ether oxygens (including phenoxy) is 1. The summed E-state index contributed by atoms with van der Waals surface area (Å²) >= 11 is 12.2. The number of pyridine rings is 1. The van der Waals surface area contributed by atoms with Crippen LogP contribution in [0.4, 0.5) is 4.39 Å². The Hall–Kier alpha value is -1.69. The molecule has 0 radical (unpaired) electrons. The molecule has 26 heavy (non-hydrogen) atoms. The molecule has 2 aliphatic rings. The van der Waals surface area contributed by atoms with Gasteiger partial charge in [0.2, 0.25) is 5.67 Å². The third-order valence-corrected chi connectivity index (χ3v) is 5.76. The predicted molar refractivity (Wildman–Crippen MR) is 96.9 cm³/mol. The number of hydrogen-bond acceptors (Lipinski definition) is 3. The van der Waals surface area contributed by atoms with Gasteiger partial charge in [0.05, 0.1) is 12.3 Å². The molecule has 1 aliphatic carbocycles. The van der Waals surface area contributed by atoms with Crippen molar-refractivity contribution in [3.05, 3.63) is 62.9 Å². The maximum atomic E-state index is 15.7. The molecule has 136 valence electrons. The number of epoxide rings is 1. The van der Waals surface area contributed by atoms with Gasteiger partial charge in [-0.1, -0.05) is 29.3 Å². The minimum Gasteiger partial charge on any atom is -0.363 e. The second-order valence-electron chi connectivity index (χ2n) is 6.85. The van der Waals surface area contributed by atoms with Crippen LogP contribution in [0.15, 0.2) is 30.5 Å². The first kappa shape index (κ1) is 17.7. The number of aryl methyl sites for hydroxylation is 1. The molecular weight excluding hydrogens is 378 g/mol. The lowest BCUT2D eigenvalue weighted by Crippen LogP contribution is -2.45. The normalized spacial score (nSPS) is 26.5. The van der Waals surface area contributed by atoms with Crippen molar-refractivity contribution in [1.29, 1.82) is 0 Å². The Balaban J connectivity index is 1.59. The van der Waals surface area contributed by atoms with Crippen molar-refractivity contribution >= 4 is 29.1 Å². The molecule has 4 rings (SSSR count). The van der Waals surface area contributed by atoms with Crippen LogP contribution < -0.4 is 5.32 Å². The van der Waals surface area contributed by atoms with E-state index in [1.165, 1.54) is 0 Å². The molecule has 0 bridgehead atoms. The highest BCUT2D eigenvalue weighted by Crippen LogP contribution is 2.53. The van der Waals surface area contributed by atoms with E-state index in [1.54, 1.807) is 30.5 Å². The molecule has 1 aromatic carbocycles. The summed E-state index contributed by atoms with van der Waals surface area (Å²) in [6.45, 7) is 2.50. The van der Waals surface area contributed by atoms with E-state index in [2.05, 4.69) is 10.3 Å². The van der Waals surface area contributed by atoms with Crippen LogP contribution in [0.1, 0.15) is 35.2 Å². The highest BCUT2D eigenvalue weighted by Gasteiger charge is 2.58. The van der Waals surface area contributed by atoms with Crippen LogP contribution >= 0.6 is 23.2 Å². The average Bonchev–Trinajstić information content (AvgIpc) is 3.38. The van der Waals surface area contributed by atoms with Crippen LogP contribution in [0, 0.1) is 6.92 Å². The maximum Gasteiger partial charge on any atom is 0.262 e. The molecule has 1 spiro atoms. The number of nitrogens with one attached hydrogen (secondary N) is 1. The van der Waals surface area contributed by atoms with Gasteiger partial charge in [0.1, 0.15) is 5.60 Å². The van der Waals surface area contributed by atoms with Gasteiger partial charge in [0.25, 0.3) is 5.91 Å². The molecule has 1 amide bonds. The van der Waals surface area contributed by atoms with E-state index < -0.39 is 17.2 Å². The SMILES string of the molecule is Cc1cc(Cl)cc(Cl)c1CNC(=O)C1(F)CCC2(CO2)c2ncccc21. The highest BCUT2D eigenvalue weighted by molar-refractivity contribution is 6.35. The van der Waals surface area contributed by atoms with Crippen molar-refractivity contribution in [1.82, 2.24) is 10.3 Å². The van der Waals surface area contributed by atoms with E-state index in [4.69, 9.17) is 27.9 Å². The number of hydrogen-bond donors (Lipinski definition) is 1. The van der Waals surface area contributed by atoms with Crippen LogP contribution in [0.5, 0.6) is 0 Å². The molecule has 1 fully saturated rings. The number of fused-ring (bicyclic) bond motifs is 2. The van der Waals surface area contributed by atoms with Crippen LogP contribution in [0.25, 0.3) is 0 Å². The van der Waals surface area contributed by atoms with Crippen LogP contribution in [0.2, 0.25) is 10.0 Å². The highest BCUT2D eigenvalue weighted by atomic mass is 35.5. The summed E-state index contributed by atoms with van der Waals surface area (Å²) in [6, 6.07) is 6.62. The monoisotopic (exact) mass is 394 g/mol. The number of carbonyl (C=O) groups is 1. The van der Waals surface area contributed by atoms with Gasteiger partial charge in [-0.25, -0.2) is 4.39 Å². The molecule has 7 heteroatoms. The van der Waals surface area contributed by atoms with E-state index in [1.807, 2.05) is 6.92 Å². The number of benzene rings is 1. The van der Waals surface area contributed by atoms with E-state index >= 15 is 4.39 Å². The van der Waals surface area contributed by atoms with Gasteiger partial charge in [-0.05, 0) is 49.1 Å². The zero-order chi connectivity index (χ0) is 18.5. The van der Waals surface area contributed by atoms with Gasteiger partial charge in [0, 0.05) is 28.4 Å². The number of carbonyl (C=O) groups excluding carboxylic acids is 1. The molecule has 1 saturated heterocycles. The van der Waals surface area contributed by atoms with Crippen LogP contribution in [-0.4, -0.2) is 17.5 Å². The van der Waals surface area contributed by atoms with Crippen molar-refractivity contribution in [2.24, 2.45) is 0 Å². The summed E-state index contributed by atoms with van der Waals surface area (Å²) in [5.41, 5.74) is -0.260. The number of amides is 1. The fourth-order valence-corrected chi connectivity index (χ4v) is 4.25. The van der Waals surface area contributed by atoms with Crippen molar-refractivity contribution in [2.75, 3.05) is 6.61 Å². The van der Waals surface area contributed by atoms with Crippen LogP contribution in [-0.2, 0) is 27.3 Å². The zero-order valence-corrected chi connectivity index (χ0v) is 15.6. The minimum atomic E-state index is -2.13. The third kappa shape index (κ3) is 2.79. The smallest absolute Gasteiger partial charge is 0.262 e. The molecule has 0 saturated carbocycles. The van der Waals surface area contributed by atoms with Gasteiger partial charge in [0.15, 0.2) is 0 Å².